The molecule has 1 saturated heterocycles. The number of guanidine groups is 1. The number of nitrogens with zero attached hydrogens (tertiary/aromatic N) is 4. The number of morpholine rings is 1. The van der Waals surface area contributed by atoms with Crippen molar-refractivity contribution in [2.24, 2.45) is 12.0 Å². The minimum Gasteiger partial charge on any atom is -0.370 e. The Labute approximate surface area is 171 Å². The van der Waals surface area contributed by atoms with Gasteiger partial charge in [-0.3, -0.25) is 9.67 Å². The van der Waals surface area contributed by atoms with Crippen molar-refractivity contribution in [1.29, 1.82) is 0 Å². The Balaban J connectivity index is 1.45. The summed E-state index contributed by atoms with van der Waals surface area (Å²) in [4.78, 5) is 10.6. The molecule has 3 heterocycles. The first-order chi connectivity index (χ1) is 14.2. The maximum atomic E-state index is 5.98. The minimum absolute atomic E-state index is 0.0255. The van der Waals surface area contributed by atoms with Crippen LogP contribution in [0.15, 0.2) is 41.8 Å². The molecule has 0 saturated carbocycles. The van der Waals surface area contributed by atoms with Gasteiger partial charge in [0.15, 0.2) is 5.96 Å². The van der Waals surface area contributed by atoms with Gasteiger partial charge in [0.2, 0.25) is 0 Å². The molecule has 1 aliphatic rings. The second-order valence-electron chi connectivity index (χ2n) is 7.55. The monoisotopic (exact) mass is 394 g/mol. The number of aryl methyl sites for hydroxylation is 2. The maximum Gasteiger partial charge on any atom is 0.194 e. The number of aromatic nitrogens is 3. The summed E-state index contributed by atoms with van der Waals surface area (Å²) in [6.07, 6.45) is 6.97. The Morgan fingerprint density at radius 1 is 1.41 bits per heavy atom. The fourth-order valence-electron chi connectivity index (χ4n) is 4.01. The first-order valence-corrected chi connectivity index (χ1v) is 10.3. The topological polar surface area (TPSA) is 70.5 Å². The molecule has 2 N–H and O–H groups in total. The molecule has 0 bridgehead atoms. The molecule has 0 radical (unpaired) electrons. The highest BCUT2D eigenvalue weighted by Gasteiger charge is 2.25. The molecule has 2 aromatic heterocycles. The fourth-order valence-corrected chi connectivity index (χ4v) is 4.01. The number of nitrogens with one attached hydrogen (secondary N) is 2. The number of rotatable bonds is 5. The van der Waals surface area contributed by atoms with Gasteiger partial charge in [-0.1, -0.05) is 12.1 Å². The van der Waals surface area contributed by atoms with Crippen LogP contribution in [0.5, 0.6) is 0 Å². The van der Waals surface area contributed by atoms with Gasteiger partial charge >= 0.3 is 0 Å². The quantitative estimate of drug-likeness (QED) is 0.516. The Morgan fingerprint density at radius 2 is 2.31 bits per heavy atom. The summed E-state index contributed by atoms with van der Waals surface area (Å²) in [5.41, 5.74) is 4.95. The number of benzene rings is 1. The molecule has 1 atom stereocenters. The molecule has 7 heteroatoms. The number of hydrogen-bond donors (Lipinski definition) is 2. The van der Waals surface area contributed by atoms with Crippen LogP contribution in [-0.4, -0.2) is 58.4 Å². The van der Waals surface area contributed by atoms with Crippen molar-refractivity contribution < 1.29 is 4.74 Å². The Kier molecular flexibility index (Phi) is 5.85. The molecule has 0 spiro atoms. The van der Waals surface area contributed by atoms with Crippen molar-refractivity contribution in [2.45, 2.75) is 26.4 Å². The lowest BCUT2D eigenvalue weighted by atomic mass is 10.1. The third-order valence-electron chi connectivity index (χ3n) is 5.44. The van der Waals surface area contributed by atoms with Crippen LogP contribution < -0.4 is 5.32 Å². The smallest absolute Gasteiger partial charge is 0.194 e. The van der Waals surface area contributed by atoms with Crippen LogP contribution in [0, 0.1) is 6.92 Å². The Morgan fingerprint density at radius 3 is 3.10 bits per heavy atom. The Bertz CT molecular complexity index is 988. The van der Waals surface area contributed by atoms with Crippen LogP contribution >= 0.6 is 0 Å². The average molecular weight is 395 g/mol. The molecule has 1 aromatic carbocycles. The highest BCUT2D eigenvalue weighted by atomic mass is 16.5. The summed E-state index contributed by atoms with van der Waals surface area (Å²) in [7, 11) is 1.93. The van der Waals surface area contributed by atoms with Crippen molar-refractivity contribution in [3.63, 3.8) is 0 Å². The number of fused-ring (bicyclic) bond motifs is 1. The summed E-state index contributed by atoms with van der Waals surface area (Å²) >= 11 is 0. The zero-order valence-corrected chi connectivity index (χ0v) is 17.5. The van der Waals surface area contributed by atoms with Crippen molar-refractivity contribution in [2.75, 3.05) is 32.8 Å². The van der Waals surface area contributed by atoms with Crippen LogP contribution in [0.1, 0.15) is 29.7 Å². The van der Waals surface area contributed by atoms with E-state index < -0.39 is 0 Å². The molecular weight excluding hydrogens is 364 g/mol. The fraction of sp³-hybridized carbons (Fsp3) is 0.455. The summed E-state index contributed by atoms with van der Waals surface area (Å²) in [5, 5.41) is 9.06. The van der Waals surface area contributed by atoms with Gasteiger partial charge in [-0.05, 0) is 37.5 Å². The van der Waals surface area contributed by atoms with Gasteiger partial charge in [0.1, 0.15) is 6.10 Å². The van der Waals surface area contributed by atoms with Gasteiger partial charge in [-0.2, -0.15) is 5.10 Å². The summed E-state index contributed by atoms with van der Waals surface area (Å²) in [6.45, 7) is 8.18. The van der Waals surface area contributed by atoms with E-state index in [-0.39, 0.29) is 6.10 Å². The third kappa shape index (κ3) is 4.29. The third-order valence-corrected chi connectivity index (χ3v) is 5.44. The van der Waals surface area contributed by atoms with Gasteiger partial charge in [-0.15, -0.1) is 0 Å². The molecule has 1 fully saturated rings. The van der Waals surface area contributed by atoms with Crippen LogP contribution in [0.2, 0.25) is 0 Å². The van der Waals surface area contributed by atoms with Crippen molar-refractivity contribution in [1.82, 2.24) is 25.0 Å². The normalized spacial score (nSPS) is 17.8. The Hall–Kier alpha value is -2.80. The van der Waals surface area contributed by atoms with Gasteiger partial charge in [0.25, 0.3) is 0 Å². The van der Waals surface area contributed by atoms with Crippen LogP contribution in [0.3, 0.4) is 0 Å². The van der Waals surface area contributed by atoms with Crippen LogP contribution in [0.4, 0.5) is 0 Å². The second-order valence-corrected chi connectivity index (χ2v) is 7.55. The number of H-pyrrole nitrogens is 1. The van der Waals surface area contributed by atoms with Crippen LogP contribution in [-0.2, 0) is 18.2 Å². The highest BCUT2D eigenvalue weighted by Crippen LogP contribution is 2.23. The largest absolute Gasteiger partial charge is 0.370 e. The summed E-state index contributed by atoms with van der Waals surface area (Å²) in [6, 6.07) is 6.39. The zero-order chi connectivity index (χ0) is 20.2. The van der Waals surface area contributed by atoms with Gasteiger partial charge in [-0.25, -0.2) is 0 Å². The lowest BCUT2D eigenvalue weighted by Gasteiger charge is -2.34. The van der Waals surface area contributed by atoms with E-state index in [4.69, 9.17) is 9.73 Å². The molecule has 1 aliphatic heterocycles. The number of hydrogen-bond acceptors (Lipinski definition) is 3. The van der Waals surface area contributed by atoms with Crippen LogP contribution in [0.25, 0.3) is 10.9 Å². The summed E-state index contributed by atoms with van der Waals surface area (Å²) in [5.74, 6) is 0.959. The average Bonchev–Trinajstić information content (AvgIpc) is 3.35. The lowest BCUT2D eigenvalue weighted by Crippen LogP contribution is -2.48. The van der Waals surface area contributed by atoms with E-state index in [1.54, 1.807) is 0 Å². The zero-order valence-electron chi connectivity index (χ0n) is 17.5. The molecular formula is C22H30N6O. The molecule has 0 amide bonds. The first kappa shape index (κ1) is 19.5. The molecule has 4 rings (SSSR count). The molecule has 0 aliphatic carbocycles. The molecule has 154 valence electrons. The van der Waals surface area contributed by atoms with E-state index in [2.05, 4.69) is 58.5 Å². The van der Waals surface area contributed by atoms with E-state index in [9.17, 15) is 0 Å². The predicted octanol–water partition coefficient (Wildman–Crippen LogP) is 2.79. The number of aliphatic imine (C=N–C) groups is 1. The SMILES string of the molecule is CCNC(=NCCc1c[nH]c2cccc(C)c12)N1CCOC(c2cnn(C)c2)C1. The van der Waals surface area contributed by atoms with Crippen molar-refractivity contribution in [3.05, 3.63) is 53.5 Å². The van der Waals surface area contributed by atoms with Gasteiger partial charge in [0.05, 0.1) is 19.3 Å². The van der Waals surface area contributed by atoms with E-state index in [0.717, 1.165) is 44.1 Å². The highest BCUT2D eigenvalue weighted by molar-refractivity contribution is 5.86. The molecule has 7 nitrogen and oxygen atoms in total. The van der Waals surface area contributed by atoms with E-state index in [1.165, 1.54) is 22.0 Å². The number of ether oxygens (including phenoxy) is 1. The van der Waals surface area contributed by atoms with E-state index in [1.807, 2.05) is 24.1 Å². The van der Waals surface area contributed by atoms with Crippen molar-refractivity contribution >= 4 is 16.9 Å². The van der Waals surface area contributed by atoms with Crippen molar-refractivity contribution in [3.8, 4) is 0 Å². The standard InChI is InChI=1S/C22H30N6O/c1-4-23-22(28-10-11-29-20(15-28)18-13-26-27(3)14-18)24-9-8-17-12-25-19-7-5-6-16(2)21(17)19/h5-7,12-14,20,25H,4,8-11,15H2,1-3H3,(H,23,24). The second kappa shape index (κ2) is 8.69. The maximum absolute atomic E-state index is 5.98. The van der Waals surface area contributed by atoms with Gasteiger partial charge < -0.3 is 19.9 Å². The molecule has 1 unspecified atom stereocenters. The predicted molar refractivity (Wildman–Crippen MR) is 116 cm³/mol. The minimum atomic E-state index is 0.0255. The van der Waals surface area contributed by atoms with E-state index in [0.29, 0.717) is 6.61 Å². The van der Waals surface area contributed by atoms with Gasteiger partial charge in [0, 0.05) is 55.5 Å². The lowest BCUT2D eigenvalue weighted by molar-refractivity contribution is -0.00803. The molecule has 29 heavy (non-hydrogen) atoms. The molecule has 3 aromatic rings. The van der Waals surface area contributed by atoms with E-state index >= 15 is 0 Å². The summed E-state index contributed by atoms with van der Waals surface area (Å²) < 4.78 is 7.80. The number of aromatic amines is 1. The first-order valence-electron chi connectivity index (χ1n) is 10.3.